The molecule has 2 aliphatic rings. The van der Waals surface area contributed by atoms with Crippen molar-refractivity contribution in [2.24, 2.45) is 0 Å². The first-order chi connectivity index (χ1) is 12.4. The average Bonchev–Trinajstić information content (AvgIpc) is 2.58. The first kappa shape index (κ1) is 17.0. The van der Waals surface area contributed by atoms with Crippen molar-refractivity contribution in [2.45, 2.75) is 38.8 Å². The molecule has 0 saturated carbocycles. The number of ether oxygens (including phenoxy) is 2. The Kier molecular flexibility index (Phi) is 3.99. The molecule has 1 aliphatic carbocycles. The summed E-state index contributed by atoms with van der Waals surface area (Å²) in [7, 11) is 3.71. The molecule has 0 aromatic heterocycles. The second-order valence-electron chi connectivity index (χ2n) is 7.47. The Hall–Kier alpha value is -2.40. The molecule has 5 heteroatoms. The first-order valence-corrected chi connectivity index (χ1v) is 9.06. The Balaban J connectivity index is 2.01. The molecular formula is C21H25NO4. The van der Waals surface area contributed by atoms with Crippen molar-refractivity contribution in [2.75, 3.05) is 20.7 Å². The van der Waals surface area contributed by atoms with Crippen LogP contribution >= 0.6 is 0 Å². The summed E-state index contributed by atoms with van der Waals surface area (Å²) >= 11 is 0. The maximum atomic E-state index is 10.5. The molecule has 2 aromatic rings. The lowest BCUT2D eigenvalue weighted by Gasteiger charge is -2.40. The number of aromatic hydroxyl groups is 2. The normalized spacial score (nSPS) is 18.4. The van der Waals surface area contributed by atoms with Crippen LogP contribution in [-0.2, 0) is 12.8 Å². The third-order valence-electron chi connectivity index (χ3n) is 5.42. The Morgan fingerprint density at radius 2 is 1.85 bits per heavy atom. The van der Waals surface area contributed by atoms with Crippen molar-refractivity contribution in [3.05, 3.63) is 34.9 Å². The molecule has 4 rings (SSSR count). The number of nitrogens with zero attached hydrogens (tertiary/aromatic N) is 1. The van der Waals surface area contributed by atoms with Gasteiger partial charge < -0.3 is 19.7 Å². The summed E-state index contributed by atoms with van der Waals surface area (Å²) in [5.41, 5.74) is 5.33. The largest absolute Gasteiger partial charge is 0.504 e. The number of fused-ring (bicyclic) bond motifs is 2. The van der Waals surface area contributed by atoms with Gasteiger partial charge in [-0.15, -0.1) is 0 Å². The quantitative estimate of drug-likeness (QED) is 0.880. The van der Waals surface area contributed by atoms with Crippen LogP contribution in [0.25, 0.3) is 11.1 Å². The number of rotatable bonds is 3. The molecule has 0 bridgehead atoms. The fraction of sp³-hybridized carbons (Fsp3) is 0.429. The number of phenols is 2. The summed E-state index contributed by atoms with van der Waals surface area (Å²) < 4.78 is 11.4. The maximum absolute atomic E-state index is 10.5. The molecule has 0 amide bonds. The lowest BCUT2D eigenvalue weighted by atomic mass is 9.76. The van der Waals surface area contributed by atoms with Gasteiger partial charge in [-0.3, -0.25) is 4.90 Å². The number of benzene rings is 2. The highest BCUT2D eigenvalue weighted by Gasteiger charge is 2.36. The van der Waals surface area contributed by atoms with Crippen LogP contribution in [0.4, 0.5) is 0 Å². The van der Waals surface area contributed by atoms with E-state index in [4.69, 9.17) is 9.47 Å². The fourth-order valence-electron chi connectivity index (χ4n) is 4.28. The van der Waals surface area contributed by atoms with Crippen molar-refractivity contribution in [3.8, 4) is 34.1 Å². The number of phenolic OH excluding ortho intramolecular Hbond substituents is 2. The summed E-state index contributed by atoms with van der Waals surface area (Å²) in [4.78, 5) is 2.33. The van der Waals surface area contributed by atoms with Crippen LogP contribution in [-0.4, -0.2) is 41.9 Å². The lowest BCUT2D eigenvalue weighted by molar-refractivity contribution is 0.224. The second kappa shape index (κ2) is 6.09. The van der Waals surface area contributed by atoms with E-state index in [9.17, 15) is 10.2 Å². The van der Waals surface area contributed by atoms with Crippen molar-refractivity contribution in [1.29, 1.82) is 0 Å². The highest BCUT2D eigenvalue weighted by atomic mass is 16.5. The summed E-state index contributed by atoms with van der Waals surface area (Å²) in [5, 5.41) is 20.9. The van der Waals surface area contributed by atoms with Crippen molar-refractivity contribution >= 4 is 0 Å². The van der Waals surface area contributed by atoms with Crippen LogP contribution in [0.2, 0.25) is 0 Å². The minimum absolute atomic E-state index is 0.0404. The molecule has 5 nitrogen and oxygen atoms in total. The average molecular weight is 355 g/mol. The van der Waals surface area contributed by atoms with E-state index >= 15 is 0 Å². The smallest absolute Gasteiger partial charge is 0.168 e. The van der Waals surface area contributed by atoms with Crippen LogP contribution in [0.15, 0.2) is 18.2 Å². The van der Waals surface area contributed by atoms with Crippen LogP contribution in [0.3, 0.4) is 0 Å². The molecule has 1 atom stereocenters. The first-order valence-electron chi connectivity index (χ1n) is 9.06. The van der Waals surface area contributed by atoms with Gasteiger partial charge in [-0.25, -0.2) is 0 Å². The monoisotopic (exact) mass is 355 g/mol. The van der Waals surface area contributed by atoms with Crippen molar-refractivity contribution in [3.63, 3.8) is 0 Å². The maximum Gasteiger partial charge on any atom is 0.168 e. The van der Waals surface area contributed by atoms with E-state index in [1.165, 1.54) is 11.1 Å². The molecule has 1 heterocycles. The summed E-state index contributed by atoms with van der Waals surface area (Å²) in [6.07, 6.45) is 1.67. The molecule has 1 unspecified atom stereocenters. The Labute approximate surface area is 153 Å². The third kappa shape index (κ3) is 2.50. The Bertz CT molecular complexity index is 875. The van der Waals surface area contributed by atoms with Gasteiger partial charge in [0.05, 0.1) is 13.2 Å². The molecule has 2 N–H and O–H groups in total. The molecule has 2 aromatic carbocycles. The van der Waals surface area contributed by atoms with Gasteiger partial charge in [0.25, 0.3) is 0 Å². The van der Waals surface area contributed by atoms with Gasteiger partial charge in [0.2, 0.25) is 0 Å². The predicted octanol–water partition coefficient (Wildman–Crippen LogP) is 3.65. The standard InChI is InChI=1S/C21H25NO4/c1-11(2)26-18-10-14-13(9-16(18)23)7-15-19-12(5-6-22(15)3)8-17(24)21(25-4)20(14)19/h8-11,15,23-24H,5-7H2,1-4H3. The Morgan fingerprint density at radius 3 is 2.54 bits per heavy atom. The molecular weight excluding hydrogens is 330 g/mol. The molecule has 0 radical (unpaired) electrons. The van der Waals surface area contributed by atoms with Gasteiger partial charge in [0, 0.05) is 18.2 Å². The molecule has 0 saturated heterocycles. The minimum atomic E-state index is -0.0404. The summed E-state index contributed by atoms with van der Waals surface area (Å²) in [6.45, 7) is 4.81. The van der Waals surface area contributed by atoms with E-state index in [-0.39, 0.29) is 23.6 Å². The van der Waals surface area contributed by atoms with Crippen LogP contribution in [0.5, 0.6) is 23.0 Å². The minimum Gasteiger partial charge on any atom is -0.504 e. The highest BCUT2D eigenvalue weighted by Crippen LogP contribution is 2.53. The van der Waals surface area contributed by atoms with E-state index in [0.717, 1.165) is 36.1 Å². The van der Waals surface area contributed by atoms with Gasteiger partial charge in [0.1, 0.15) is 0 Å². The van der Waals surface area contributed by atoms with Gasteiger partial charge in [-0.05, 0) is 74.2 Å². The van der Waals surface area contributed by atoms with Gasteiger partial charge >= 0.3 is 0 Å². The molecule has 0 spiro atoms. The second-order valence-corrected chi connectivity index (χ2v) is 7.47. The molecule has 26 heavy (non-hydrogen) atoms. The van der Waals surface area contributed by atoms with E-state index < -0.39 is 0 Å². The predicted molar refractivity (Wildman–Crippen MR) is 100 cm³/mol. The Morgan fingerprint density at radius 1 is 1.12 bits per heavy atom. The van der Waals surface area contributed by atoms with Crippen LogP contribution < -0.4 is 9.47 Å². The fourth-order valence-corrected chi connectivity index (χ4v) is 4.28. The van der Waals surface area contributed by atoms with E-state index in [0.29, 0.717) is 11.5 Å². The van der Waals surface area contributed by atoms with Crippen molar-refractivity contribution < 1.29 is 19.7 Å². The summed E-state index contributed by atoms with van der Waals surface area (Å²) in [5.74, 6) is 1.27. The zero-order valence-corrected chi connectivity index (χ0v) is 15.7. The van der Waals surface area contributed by atoms with Gasteiger partial charge in [-0.1, -0.05) is 0 Å². The van der Waals surface area contributed by atoms with Gasteiger partial charge in [-0.2, -0.15) is 0 Å². The third-order valence-corrected chi connectivity index (χ3v) is 5.42. The highest BCUT2D eigenvalue weighted by molar-refractivity contribution is 5.84. The van der Waals surface area contributed by atoms with E-state index in [2.05, 4.69) is 11.9 Å². The van der Waals surface area contributed by atoms with E-state index in [1.54, 1.807) is 13.2 Å². The number of likely N-dealkylation sites (N-methyl/N-ethyl adjacent to an activating group) is 1. The molecule has 1 aliphatic heterocycles. The number of hydrogen-bond donors (Lipinski definition) is 2. The van der Waals surface area contributed by atoms with Crippen molar-refractivity contribution in [1.82, 2.24) is 4.90 Å². The SMILES string of the molecule is COc1c(O)cc2c3c1-c1cc(OC(C)C)c(O)cc1CC3N(C)CC2. The van der Waals surface area contributed by atoms with Gasteiger partial charge in [0.15, 0.2) is 23.0 Å². The summed E-state index contributed by atoms with van der Waals surface area (Å²) in [6, 6.07) is 5.73. The van der Waals surface area contributed by atoms with Crippen LogP contribution in [0, 0.1) is 0 Å². The topological polar surface area (TPSA) is 62.2 Å². The number of hydrogen-bond acceptors (Lipinski definition) is 5. The molecule has 0 fully saturated rings. The van der Waals surface area contributed by atoms with E-state index in [1.807, 2.05) is 26.0 Å². The number of methoxy groups -OCH3 is 1. The molecule has 138 valence electrons. The van der Waals surface area contributed by atoms with Crippen LogP contribution in [0.1, 0.15) is 36.6 Å². The zero-order valence-electron chi connectivity index (χ0n) is 15.7. The lowest BCUT2D eigenvalue weighted by Crippen LogP contribution is -2.35. The zero-order chi connectivity index (χ0) is 18.6.